The molecule has 3 aromatic rings. The number of nitrogens with zero attached hydrogens (tertiary/aromatic N) is 2. The predicted octanol–water partition coefficient (Wildman–Crippen LogP) is 4.51. The lowest BCUT2D eigenvalue weighted by Gasteiger charge is -2.08. The summed E-state index contributed by atoms with van der Waals surface area (Å²) in [5, 5.41) is 13.1. The Morgan fingerprint density at radius 3 is 2.96 bits per heavy atom. The molecule has 7 heteroatoms. The van der Waals surface area contributed by atoms with Gasteiger partial charge in [-0.05, 0) is 26.3 Å². The number of Topliss-reactive ketones (excluding diaryl/α,β-unsaturated/α-hetero) is 1. The number of nitrogens with one attached hydrogen (secondary N) is 2. The maximum absolute atomic E-state index is 12.9. The smallest absolute Gasteiger partial charge is 0.206 e. The van der Waals surface area contributed by atoms with Gasteiger partial charge in [0.2, 0.25) is 5.13 Å². The van der Waals surface area contributed by atoms with Crippen LogP contribution in [0, 0.1) is 6.92 Å². The van der Waals surface area contributed by atoms with E-state index in [-0.39, 0.29) is 11.0 Å². The standard InChI is InChI=1S/C17H20N4OS2/c1-4-9-18-16-20-21-17(24-16)23-11(3)15(22)14-10(2)19-13-8-6-5-7-12(13)14/h5-8,11,19H,4,9H2,1-3H3,(H,18,20). The van der Waals surface area contributed by atoms with Crippen LogP contribution in [0.25, 0.3) is 10.9 Å². The predicted molar refractivity (Wildman–Crippen MR) is 101 cm³/mol. The van der Waals surface area contributed by atoms with Gasteiger partial charge in [0.05, 0.1) is 5.25 Å². The van der Waals surface area contributed by atoms with Crippen LogP contribution in [0.3, 0.4) is 0 Å². The number of aromatic nitrogens is 3. The van der Waals surface area contributed by atoms with Gasteiger partial charge in [0.25, 0.3) is 0 Å². The van der Waals surface area contributed by atoms with E-state index in [2.05, 4.69) is 27.4 Å². The highest BCUT2D eigenvalue weighted by atomic mass is 32.2. The number of para-hydroxylation sites is 1. The number of fused-ring (bicyclic) bond motifs is 1. The molecule has 1 unspecified atom stereocenters. The molecule has 0 aliphatic heterocycles. The first-order chi connectivity index (χ1) is 11.6. The van der Waals surface area contributed by atoms with Gasteiger partial charge >= 0.3 is 0 Å². The van der Waals surface area contributed by atoms with Crippen molar-refractivity contribution in [2.45, 2.75) is 36.8 Å². The van der Waals surface area contributed by atoms with Crippen molar-refractivity contribution in [1.82, 2.24) is 15.2 Å². The van der Waals surface area contributed by atoms with Crippen molar-refractivity contribution < 1.29 is 4.79 Å². The van der Waals surface area contributed by atoms with Gasteiger partial charge in [0, 0.05) is 28.7 Å². The fourth-order valence-electron chi connectivity index (χ4n) is 2.56. The molecule has 2 heterocycles. The van der Waals surface area contributed by atoms with Gasteiger partial charge in [-0.15, -0.1) is 10.2 Å². The van der Waals surface area contributed by atoms with E-state index >= 15 is 0 Å². The topological polar surface area (TPSA) is 70.7 Å². The van der Waals surface area contributed by atoms with Gasteiger partial charge < -0.3 is 10.3 Å². The number of thioether (sulfide) groups is 1. The average molecular weight is 361 g/mol. The minimum absolute atomic E-state index is 0.119. The lowest BCUT2D eigenvalue weighted by atomic mass is 10.1. The minimum Gasteiger partial charge on any atom is -0.360 e. The van der Waals surface area contributed by atoms with E-state index < -0.39 is 0 Å². The molecule has 3 rings (SSSR count). The Labute approximate surface area is 149 Å². The third-order valence-corrected chi connectivity index (χ3v) is 5.78. The summed E-state index contributed by atoms with van der Waals surface area (Å²) in [6.07, 6.45) is 1.04. The molecule has 24 heavy (non-hydrogen) atoms. The first-order valence-electron chi connectivity index (χ1n) is 7.95. The Hall–Kier alpha value is -1.86. The number of benzene rings is 1. The number of rotatable bonds is 7. The molecule has 0 saturated carbocycles. The van der Waals surface area contributed by atoms with Crippen LogP contribution in [0.15, 0.2) is 28.6 Å². The van der Waals surface area contributed by atoms with Crippen LogP contribution in [0.1, 0.15) is 36.3 Å². The Morgan fingerprint density at radius 1 is 1.38 bits per heavy atom. The third-order valence-electron chi connectivity index (χ3n) is 3.72. The zero-order chi connectivity index (χ0) is 17.1. The van der Waals surface area contributed by atoms with E-state index in [0.717, 1.165) is 44.6 Å². The van der Waals surface area contributed by atoms with Gasteiger partial charge in [-0.2, -0.15) is 0 Å². The SMILES string of the molecule is CCCNc1nnc(SC(C)C(=O)c2c(C)[nH]c3ccccc23)s1. The van der Waals surface area contributed by atoms with E-state index in [1.54, 1.807) is 0 Å². The number of aryl methyl sites for hydroxylation is 1. The molecule has 1 atom stereocenters. The molecule has 0 aliphatic rings. The van der Waals surface area contributed by atoms with Crippen LogP contribution in [-0.2, 0) is 0 Å². The van der Waals surface area contributed by atoms with E-state index in [9.17, 15) is 4.79 Å². The fraction of sp³-hybridized carbons (Fsp3) is 0.353. The molecule has 0 spiro atoms. The molecule has 5 nitrogen and oxygen atoms in total. The van der Waals surface area contributed by atoms with Gasteiger partial charge in [-0.1, -0.05) is 48.2 Å². The monoisotopic (exact) mass is 360 g/mol. The molecule has 0 radical (unpaired) electrons. The Kier molecular flexibility index (Phi) is 5.20. The van der Waals surface area contributed by atoms with Gasteiger partial charge in [-0.3, -0.25) is 4.79 Å². The Bertz CT molecular complexity index is 855. The van der Waals surface area contributed by atoms with E-state index in [0.29, 0.717) is 0 Å². The molecular weight excluding hydrogens is 340 g/mol. The summed E-state index contributed by atoms with van der Waals surface area (Å²) in [4.78, 5) is 16.2. The average Bonchev–Trinajstić information content (AvgIpc) is 3.15. The van der Waals surface area contributed by atoms with Crippen LogP contribution < -0.4 is 5.32 Å². The third kappa shape index (κ3) is 3.47. The number of carbonyl (C=O) groups excluding carboxylic acids is 1. The first-order valence-corrected chi connectivity index (χ1v) is 9.65. The zero-order valence-electron chi connectivity index (χ0n) is 13.9. The fourth-order valence-corrected chi connectivity index (χ4v) is 4.54. The normalized spacial score (nSPS) is 12.5. The summed E-state index contributed by atoms with van der Waals surface area (Å²) in [7, 11) is 0. The second kappa shape index (κ2) is 7.36. The van der Waals surface area contributed by atoms with Crippen molar-refractivity contribution in [3.63, 3.8) is 0 Å². The highest BCUT2D eigenvalue weighted by Gasteiger charge is 2.23. The van der Waals surface area contributed by atoms with Gasteiger partial charge in [-0.25, -0.2) is 0 Å². The molecular formula is C17H20N4OS2. The quantitative estimate of drug-likeness (QED) is 0.479. The van der Waals surface area contributed by atoms with Crippen LogP contribution >= 0.6 is 23.1 Å². The Morgan fingerprint density at radius 2 is 2.17 bits per heavy atom. The summed E-state index contributed by atoms with van der Waals surface area (Å²) in [5.74, 6) is 0.119. The largest absolute Gasteiger partial charge is 0.360 e. The number of anilines is 1. The lowest BCUT2D eigenvalue weighted by molar-refractivity contribution is 0.0995. The second-order valence-electron chi connectivity index (χ2n) is 5.59. The summed E-state index contributed by atoms with van der Waals surface area (Å²) >= 11 is 2.96. The maximum Gasteiger partial charge on any atom is 0.206 e. The van der Waals surface area contributed by atoms with Gasteiger partial charge in [0.1, 0.15) is 0 Å². The number of carbonyl (C=O) groups is 1. The zero-order valence-corrected chi connectivity index (χ0v) is 15.6. The number of ketones is 1. The first kappa shape index (κ1) is 17.0. The molecule has 0 bridgehead atoms. The summed E-state index contributed by atoms with van der Waals surface area (Å²) in [6.45, 7) is 6.85. The number of aromatic amines is 1. The molecule has 2 aromatic heterocycles. The van der Waals surface area contributed by atoms with Crippen LogP contribution in [0.5, 0.6) is 0 Å². The summed E-state index contributed by atoms with van der Waals surface area (Å²) < 4.78 is 0.812. The van der Waals surface area contributed by atoms with Crippen LogP contribution in [0.4, 0.5) is 5.13 Å². The van der Waals surface area contributed by atoms with Crippen molar-refractivity contribution in [3.05, 3.63) is 35.5 Å². The van der Waals surface area contributed by atoms with Crippen molar-refractivity contribution in [2.24, 2.45) is 0 Å². The lowest BCUT2D eigenvalue weighted by Crippen LogP contribution is -2.14. The number of H-pyrrole nitrogens is 1. The molecule has 0 saturated heterocycles. The molecule has 1 aromatic carbocycles. The van der Waals surface area contributed by atoms with E-state index in [1.165, 1.54) is 23.1 Å². The van der Waals surface area contributed by atoms with Gasteiger partial charge in [0.15, 0.2) is 10.1 Å². The minimum atomic E-state index is -0.213. The van der Waals surface area contributed by atoms with Crippen molar-refractivity contribution in [2.75, 3.05) is 11.9 Å². The summed E-state index contributed by atoms with van der Waals surface area (Å²) in [5.41, 5.74) is 2.69. The molecule has 0 fully saturated rings. The van der Waals surface area contributed by atoms with E-state index in [4.69, 9.17) is 0 Å². The van der Waals surface area contributed by atoms with Crippen molar-refractivity contribution >= 4 is 44.9 Å². The number of hydrogen-bond acceptors (Lipinski definition) is 6. The molecule has 0 amide bonds. The highest BCUT2D eigenvalue weighted by molar-refractivity contribution is 8.02. The summed E-state index contributed by atoms with van der Waals surface area (Å²) in [6, 6.07) is 7.91. The van der Waals surface area contributed by atoms with E-state index in [1.807, 2.05) is 38.1 Å². The van der Waals surface area contributed by atoms with Crippen LogP contribution in [0.2, 0.25) is 0 Å². The number of hydrogen-bond donors (Lipinski definition) is 2. The van der Waals surface area contributed by atoms with Crippen molar-refractivity contribution in [1.29, 1.82) is 0 Å². The van der Waals surface area contributed by atoms with Crippen molar-refractivity contribution in [3.8, 4) is 0 Å². The van der Waals surface area contributed by atoms with Crippen LogP contribution in [-0.4, -0.2) is 32.8 Å². The molecule has 126 valence electrons. The highest BCUT2D eigenvalue weighted by Crippen LogP contribution is 2.32. The second-order valence-corrected chi connectivity index (χ2v) is 8.16. The maximum atomic E-state index is 12.9. The molecule has 0 aliphatic carbocycles. The Balaban J connectivity index is 1.76. The molecule has 2 N–H and O–H groups in total.